The van der Waals surface area contributed by atoms with Crippen LogP contribution in [0.15, 0.2) is 62.6 Å². The van der Waals surface area contributed by atoms with Crippen molar-refractivity contribution in [1.29, 1.82) is 0 Å². The van der Waals surface area contributed by atoms with Crippen molar-refractivity contribution in [3.63, 3.8) is 0 Å². The van der Waals surface area contributed by atoms with E-state index in [-0.39, 0.29) is 66.5 Å². The highest BCUT2D eigenvalue weighted by Gasteiger charge is 2.35. The van der Waals surface area contributed by atoms with Gasteiger partial charge in [0.25, 0.3) is 11.8 Å². The van der Waals surface area contributed by atoms with Crippen LogP contribution in [-0.4, -0.2) is 103 Å². The Morgan fingerprint density at radius 1 is 0.865 bits per heavy atom. The number of azide groups is 1. The maximum Gasteiger partial charge on any atom is 0.269 e. The van der Waals surface area contributed by atoms with E-state index in [1.807, 2.05) is 53.2 Å². The van der Waals surface area contributed by atoms with Gasteiger partial charge in [-0.1, -0.05) is 52.8 Å². The van der Waals surface area contributed by atoms with Gasteiger partial charge in [-0.2, -0.15) is 0 Å². The first-order valence-electron chi connectivity index (χ1n) is 16.7. The molecule has 18 heteroatoms. The van der Waals surface area contributed by atoms with Crippen LogP contribution in [0, 0.1) is 0 Å². The van der Waals surface area contributed by atoms with Gasteiger partial charge in [0.05, 0.1) is 57.5 Å². The fourth-order valence-corrected chi connectivity index (χ4v) is 6.43. The summed E-state index contributed by atoms with van der Waals surface area (Å²) in [6.07, 6.45) is 0.608. The lowest BCUT2D eigenvalue weighted by atomic mass is 9.95. The molecule has 16 nitrogen and oxygen atoms in total. The van der Waals surface area contributed by atoms with Gasteiger partial charge in [-0.25, -0.2) is 4.68 Å². The van der Waals surface area contributed by atoms with Crippen molar-refractivity contribution in [2.75, 3.05) is 64.2 Å². The van der Waals surface area contributed by atoms with Crippen molar-refractivity contribution in [3.05, 3.63) is 73.5 Å². The first-order chi connectivity index (χ1) is 25.3. The summed E-state index contributed by atoms with van der Waals surface area (Å²) in [5, 5.41) is 15.3. The lowest BCUT2D eigenvalue weighted by Crippen LogP contribution is -2.35. The van der Waals surface area contributed by atoms with Crippen LogP contribution in [0.4, 0.5) is 5.69 Å². The second-order valence-electron chi connectivity index (χ2n) is 11.5. The van der Waals surface area contributed by atoms with Crippen molar-refractivity contribution in [2.24, 2.45) is 5.11 Å². The Balaban J connectivity index is 1.13. The zero-order chi connectivity index (χ0) is 36.9. The molecule has 0 saturated heterocycles. The zero-order valence-electron chi connectivity index (χ0n) is 28.2. The second-order valence-corrected chi connectivity index (χ2v) is 13.1. The molecular formula is C34H37Br2N9O7. The van der Waals surface area contributed by atoms with Gasteiger partial charge in [-0.15, -0.1) is 5.10 Å². The van der Waals surface area contributed by atoms with Crippen molar-refractivity contribution >= 4 is 61.2 Å². The maximum atomic E-state index is 13.8. The number of nitrogens with zero attached hydrogens (tertiary/aromatic N) is 8. The minimum absolute atomic E-state index is 0.0757. The minimum atomic E-state index is -0.398. The summed E-state index contributed by atoms with van der Waals surface area (Å²) in [5.41, 5.74) is 13.1. The molecule has 4 amide bonds. The molecular weight excluding hydrogens is 806 g/mol. The third-order valence-electron chi connectivity index (χ3n) is 8.17. The van der Waals surface area contributed by atoms with Crippen LogP contribution < -0.4 is 10.2 Å². The van der Waals surface area contributed by atoms with Gasteiger partial charge in [-0.05, 0) is 55.4 Å². The van der Waals surface area contributed by atoms with Crippen LogP contribution in [0.25, 0.3) is 33.0 Å². The van der Waals surface area contributed by atoms with Gasteiger partial charge < -0.3 is 24.4 Å². The average molecular weight is 844 g/mol. The number of halogens is 2. The molecule has 274 valence electrons. The van der Waals surface area contributed by atoms with Crippen molar-refractivity contribution < 1.29 is 33.4 Å². The molecule has 3 aromatic rings. The Kier molecular flexibility index (Phi) is 14.5. The van der Waals surface area contributed by atoms with E-state index in [4.69, 9.17) is 19.7 Å². The normalized spacial score (nSPS) is 13.7. The number of anilines is 1. The Hall–Kier alpha value is -4.45. The SMILES string of the molecule is [N-]=[N+]=NCCOCCOCCn1nnc2c1-c1ccccc1CN(C(=O)CCNC(=O)CCOCCCN1C(=O)C(Br)=C(Br)C1=O)c1ccccc1-2. The van der Waals surface area contributed by atoms with E-state index >= 15 is 0 Å². The molecule has 0 fully saturated rings. The summed E-state index contributed by atoms with van der Waals surface area (Å²) in [5.74, 6) is -1.21. The molecule has 0 atom stereocenters. The molecule has 0 radical (unpaired) electrons. The first kappa shape index (κ1) is 38.8. The van der Waals surface area contributed by atoms with Crippen LogP contribution in [0.2, 0.25) is 0 Å². The standard InChI is InChI=1S/C34H37Br2N9O7/c35-29-30(36)34(49)43(33(29)48)14-5-16-50-17-11-27(46)38-12-10-28(47)44-22-23-6-1-2-7-24(23)32-31(25-8-3-4-9-26(25)44)40-42-45(32)15-19-52-21-20-51-18-13-39-41-37/h1-4,6-9H,5,10-22H2,(H,38,46). The van der Waals surface area contributed by atoms with Crippen molar-refractivity contribution in [3.8, 4) is 22.5 Å². The van der Waals surface area contributed by atoms with Gasteiger partial charge in [0.15, 0.2) is 0 Å². The summed E-state index contributed by atoms with van der Waals surface area (Å²) in [4.78, 5) is 56.0. The molecule has 5 rings (SSSR count). The molecule has 2 aromatic carbocycles. The third kappa shape index (κ3) is 9.70. The monoisotopic (exact) mass is 841 g/mol. The van der Waals surface area contributed by atoms with Crippen LogP contribution in [0.5, 0.6) is 0 Å². The van der Waals surface area contributed by atoms with Crippen LogP contribution in [0.1, 0.15) is 24.8 Å². The molecule has 1 aromatic heterocycles. The highest BCUT2D eigenvalue weighted by atomic mass is 79.9. The molecule has 2 aliphatic heterocycles. The molecule has 0 spiro atoms. The quantitative estimate of drug-likeness (QED) is 0.0596. The van der Waals surface area contributed by atoms with Crippen molar-refractivity contribution in [1.82, 2.24) is 25.2 Å². The highest BCUT2D eigenvalue weighted by molar-refractivity contribution is 9.14. The largest absolute Gasteiger partial charge is 0.381 e. The molecule has 52 heavy (non-hydrogen) atoms. The molecule has 0 bridgehead atoms. The number of para-hydroxylation sites is 1. The fourth-order valence-electron chi connectivity index (χ4n) is 5.66. The zero-order valence-corrected chi connectivity index (χ0v) is 31.4. The number of imide groups is 1. The molecule has 3 heterocycles. The number of carbonyl (C=O) groups excluding carboxylic acids is 4. The maximum absolute atomic E-state index is 13.8. The number of rotatable bonds is 19. The summed E-state index contributed by atoms with van der Waals surface area (Å²) in [7, 11) is 0. The topological polar surface area (TPSA) is 194 Å². The Bertz CT molecular complexity index is 1840. The number of fused-ring (bicyclic) bond motifs is 5. The van der Waals surface area contributed by atoms with E-state index in [0.717, 1.165) is 27.3 Å². The molecule has 0 unspecified atom stereocenters. The summed E-state index contributed by atoms with van der Waals surface area (Å²) >= 11 is 6.20. The van der Waals surface area contributed by atoms with Crippen LogP contribution in [0.3, 0.4) is 0 Å². The Labute approximate surface area is 316 Å². The number of hydrogen-bond acceptors (Lipinski definition) is 10. The van der Waals surface area contributed by atoms with Gasteiger partial charge in [0, 0.05) is 55.1 Å². The van der Waals surface area contributed by atoms with Crippen LogP contribution in [-0.2, 0) is 46.5 Å². The minimum Gasteiger partial charge on any atom is -0.381 e. The summed E-state index contributed by atoms with van der Waals surface area (Å²) < 4.78 is 18.9. The molecule has 0 saturated carbocycles. The smallest absolute Gasteiger partial charge is 0.269 e. The van der Waals surface area contributed by atoms with Gasteiger partial charge in [0.1, 0.15) is 14.7 Å². The number of aromatic nitrogens is 3. The van der Waals surface area contributed by atoms with Crippen molar-refractivity contribution in [2.45, 2.75) is 32.4 Å². The lowest BCUT2D eigenvalue weighted by Gasteiger charge is -2.28. The fraction of sp³-hybridized carbons (Fsp3) is 0.412. The Morgan fingerprint density at radius 3 is 2.33 bits per heavy atom. The predicted molar refractivity (Wildman–Crippen MR) is 197 cm³/mol. The van der Waals surface area contributed by atoms with E-state index < -0.39 is 11.8 Å². The first-order valence-corrected chi connectivity index (χ1v) is 18.2. The van der Waals surface area contributed by atoms with E-state index in [9.17, 15) is 19.2 Å². The number of benzene rings is 2. The average Bonchev–Trinajstić information content (AvgIpc) is 3.64. The second kappa shape index (κ2) is 19.4. The number of carbonyl (C=O) groups is 4. The Morgan fingerprint density at radius 2 is 1.56 bits per heavy atom. The number of ether oxygens (including phenoxy) is 3. The predicted octanol–water partition coefficient (Wildman–Crippen LogP) is 4.48. The number of amides is 4. The number of nitrogens with one attached hydrogen (secondary N) is 1. The van der Waals surface area contributed by atoms with Gasteiger partial charge >= 0.3 is 0 Å². The highest BCUT2D eigenvalue weighted by Crippen LogP contribution is 2.41. The summed E-state index contributed by atoms with van der Waals surface area (Å²) in [6.45, 7) is 3.26. The summed E-state index contributed by atoms with van der Waals surface area (Å²) in [6, 6.07) is 15.4. The van der Waals surface area contributed by atoms with E-state index in [1.54, 1.807) is 4.90 Å². The van der Waals surface area contributed by atoms with E-state index in [0.29, 0.717) is 57.3 Å². The van der Waals surface area contributed by atoms with E-state index in [1.165, 1.54) is 0 Å². The van der Waals surface area contributed by atoms with E-state index in [2.05, 4.69) is 57.5 Å². The number of hydrogen-bond donors (Lipinski definition) is 1. The van der Waals surface area contributed by atoms with Gasteiger partial charge in [0.2, 0.25) is 11.8 Å². The third-order valence-corrected chi connectivity index (χ3v) is 10.2. The van der Waals surface area contributed by atoms with Crippen LogP contribution >= 0.6 is 31.9 Å². The van der Waals surface area contributed by atoms with Gasteiger partial charge in [-0.3, -0.25) is 24.1 Å². The molecule has 0 aliphatic carbocycles. The molecule has 2 aliphatic rings. The lowest BCUT2D eigenvalue weighted by molar-refractivity contribution is -0.137. The molecule has 1 N–H and O–H groups in total.